The van der Waals surface area contributed by atoms with E-state index in [0.29, 0.717) is 19.2 Å². The second-order valence-electron chi connectivity index (χ2n) is 8.06. The van der Waals surface area contributed by atoms with E-state index < -0.39 is 0 Å². The lowest BCUT2D eigenvalue weighted by Crippen LogP contribution is -2.40. The van der Waals surface area contributed by atoms with Crippen molar-refractivity contribution in [2.75, 3.05) is 26.2 Å². The summed E-state index contributed by atoms with van der Waals surface area (Å²) in [5, 5.41) is 11.3. The fraction of sp³-hybridized carbons (Fsp3) is 0.565. The number of ether oxygens (including phenoxy) is 1. The summed E-state index contributed by atoms with van der Waals surface area (Å²) >= 11 is 0. The summed E-state index contributed by atoms with van der Waals surface area (Å²) in [4.78, 5) is 7.26. The largest absolute Gasteiger partial charge is 0.376 e. The zero-order valence-electron chi connectivity index (χ0n) is 19.0. The predicted molar refractivity (Wildman–Crippen MR) is 121 cm³/mol. The number of hydrogen-bond acceptors (Lipinski definition) is 4. The van der Waals surface area contributed by atoms with Gasteiger partial charge >= 0.3 is 0 Å². The van der Waals surface area contributed by atoms with Crippen LogP contribution in [0.2, 0.25) is 0 Å². The molecule has 1 saturated heterocycles. The molecule has 1 aromatic heterocycles. The molecule has 1 aliphatic rings. The molecule has 30 heavy (non-hydrogen) atoms. The van der Waals surface area contributed by atoms with E-state index in [0.717, 1.165) is 44.4 Å². The Morgan fingerprint density at radius 2 is 2.07 bits per heavy atom. The second-order valence-corrected chi connectivity index (χ2v) is 8.06. The minimum Gasteiger partial charge on any atom is -0.376 e. The molecule has 1 aliphatic heterocycles. The Morgan fingerprint density at radius 1 is 1.27 bits per heavy atom. The summed E-state index contributed by atoms with van der Waals surface area (Å²) < 4.78 is 7.58. The number of hydrogen-bond donors (Lipinski definition) is 2. The highest BCUT2D eigenvalue weighted by Gasteiger charge is 2.16. The summed E-state index contributed by atoms with van der Waals surface area (Å²) in [5.41, 5.74) is 6.02. The second kappa shape index (κ2) is 10.6. The average Bonchev–Trinajstić information content (AvgIpc) is 2.96. The molecule has 7 nitrogen and oxygen atoms in total. The molecule has 0 bridgehead atoms. The molecule has 1 fully saturated rings. The topological polar surface area (TPSA) is 66.7 Å². The average molecular weight is 413 g/mol. The van der Waals surface area contributed by atoms with Gasteiger partial charge in [0.15, 0.2) is 5.96 Å². The van der Waals surface area contributed by atoms with Gasteiger partial charge in [-0.15, -0.1) is 0 Å². The van der Waals surface area contributed by atoms with Crippen LogP contribution in [-0.4, -0.2) is 53.0 Å². The summed E-state index contributed by atoms with van der Waals surface area (Å²) in [6.45, 7) is 14.3. The number of rotatable bonds is 7. The van der Waals surface area contributed by atoms with Crippen molar-refractivity contribution in [1.82, 2.24) is 25.3 Å². The van der Waals surface area contributed by atoms with Crippen LogP contribution < -0.4 is 10.6 Å². The highest BCUT2D eigenvalue weighted by molar-refractivity contribution is 5.79. The molecule has 2 N–H and O–H groups in total. The number of aromatic nitrogens is 2. The van der Waals surface area contributed by atoms with Gasteiger partial charge in [0.05, 0.1) is 24.9 Å². The Hall–Kier alpha value is -2.38. The lowest BCUT2D eigenvalue weighted by molar-refractivity contribution is -0.0212. The molecule has 3 rings (SSSR count). The van der Waals surface area contributed by atoms with Crippen molar-refractivity contribution in [3.63, 3.8) is 0 Å². The Balaban J connectivity index is 1.61. The molecular formula is C23H36N6O. The van der Waals surface area contributed by atoms with Gasteiger partial charge in [-0.2, -0.15) is 5.10 Å². The quantitative estimate of drug-likeness (QED) is 0.540. The van der Waals surface area contributed by atoms with E-state index in [1.54, 1.807) is 0 Å². The van der Waals surface area contributed by atoms with Gasteiger partial charge in [0.25, 0.3) is 0 Å². The number of nitrogens with zero attached hydrogens (tertiary/aromatic N) is 4. The molecule has 1 atom stereocenters. The summed E-state index contributed by atoms with van der Waals surface area (Å²) in [6, 6.07) is 8.74. The standard InChI is InChI=1S/C23H36N6O/c1-6-24-23(26-14-22-18(3)27-28(5)19(22)4)25-13-20-8-7-9-21(12-20)16-29-10-11-30-17(2)15-29/h7-9,12,17H,6,10-11,13-16H2,1-5H3,(H2,24,25,26). The van der Waals surface area contributed by atoms with Crippen molar-refractivity contribution in [3.8, 4) is 0 Å². The highest BCUT2D eigenvalue weighted by Crippen LogP contribution is 2.13. The number of nitrogens with one attached hydrogen (secondary N) is 2. The van der Waals surface area contributed by atoms with Crippen molar-refractivity contribution in [3.05, 3.63) is 52.3 Å². The number of aliphatic imine (C=N–C) groups is 1. The molecule has 0 spiro atoms. The summed E-state index contributed by atoms with van der Waals surface area (Å²) in [6.07, 6.45) is 0.312. The van der Waals surface area contributed by atoms with Gasteiger partial charge in [-0.05, 0) is 38.8 Å². The number of guanidine groups is 1. The third-order valence-corrected chi connectivity index (χ3v) is 5.58. The van der Waals surface area contributed by atoms with Crippen molar-refractivity contribution in [2.24, 2.45) is 12.0 Å². The van der Waals surface area contributed by atoms with Gasteiger partial charge in [0, 0.05) is 51.0 Å². The minimum atomic E-state index is 0.312. The van der Waals surface area contributed by atoms with Crippen LogP contribution >= 0.6 is 0 Å². The summed E-state index contributed by atoms with van der Waals surface area (Å²) in [7, 11) is 1.98. The van der Waals surface area contributed by atoms with Crippen LogP contribution in [0, 0.1) is 13.8 Å². The molecule has 7 heteroatoms. The van der Waals surface area contributed by atoms with Crippen molar-refractivity contribution < 1.29 is 4.74 Å². The van der Waals surface area contributed by atoms with Crippen LogP contribution in [0.3, 0.4) is 0 Å². The number of aryl methyl sites for hydroxylation is 2. The van der Waals surface area contributed by atoms with E-state index >= 15 is 0 Å². The normalized spacial score (nSPS) is 17.9. The van der Waals surface area contributed by atoms with Crippen molar-refractivity contribution in [2.45, 2.75) is 53.4 Å². The minimum absolute atomic E-state index is 0.312. The first-order chi connectivity index (χ1) is 14.5. The van der Waals surface area contributed by atoms with Crippen LogP contribution in [0.5, 0.6) is 0 Å². The fourth-order valence-electron chi connectivity index (χ4n) is 3.88. The lowest BCUT2D eigenvalue weighted by Gasteiger charge is -2.31. The Morgan fingerprint density at radius 3 is 2.77 bits per heavy atom. The molecule has 1 unspecified atom stereocenters. The Labute approximate surface area is 180 Å². The fourth-order valence-corrected chi connectivity index (χ4v) is 3.88. The smallest absolute Gasteiger partial charge is 0.191 e. The summed E-state index contributed by atoms with van der Waals surface area (Å²) in [5.74, 6) is 0.826. The molecular weight excluding hydrogens is 376 g/mol. The molecule has 164 valence electrons. The monoisotopic (exact) mass is 412 g/mol. The van der Waals surface area contributed by atoms with Crippen LogP contribution in [-0.2, 0) is 31.4 Å². The first kappa shape index (κ1) is 22.3. The zero-order chi connectivity index (χ0) is 21.5. The van der Waals surface area contributed by atoms with Crippen LogP contribution in [0.15, 0.2) is 29.3 Å². The molecule has 0 radical (unpaired) electrons. The van der Waals surface area contributed by atoms with Gasteiger partial charge in [0.2, 0.25) is 0 Å². The van der Waals surface area contributed by atoms with Gasteiger partial charge in [-0.1, -0.05) is 24.3 Å². The number of benzene rings is 1. The van der Waals surface area contributed by atoms with Gasteiger partial charge in [-0.25, -0.2) is 4.99 Å². The molecule has 2 aromatic rings. The van der Waals surface area contributed by atoms with Crippen LogP contribution in [0.1, 0.15) is 41.9 Å². The predicted octanol–water partition coefficient (Wildman–Crippen LogP) is 2.51. The van der Waals surface area contributed by atoms with Gasteiger partial charge in [0.1, 0.15) is 0 Å². The van der Waals surface area contributed by atoms with E-state index in [2.05, 4.69) is 72.6 Å². The molecule has 1 aromatic carbocycles. The Bertz CT molecular complexity index is 859. The van der Waals surface area contributed by atoms with E-state index in [9.17, 15) is 0 Å². The maximum absolute atomic E-state index is 5.65. The lowest BCUT2D eigenvalue weighted by atomic mass is 10.1. The van der Waals surface area contributed by atoms with E-state index in [4.69, 9.17) is 9.73 Å². The highest BCUT2D eigenvalue weighted by atomic mass is 16.5. The van der Waals surface area contributed by atoms with E-state index in [1.807, 2.05) is 11.7 Å². The molecule has 0 amide bonds. The van der Waals surface area contributed by atoms with E-state index in [1.165, 1.54) is 22.4 Å². The third-order valence-electron chi connectivity index (χ3n) is 5.58. The van der Waals surface area contributed by atoms with Gasteiger partial charge in [-0.3, -0.25) is 9.58 Å². The molecule has 2 heterocycles. The van der Waals surface area contributed by atoms with Crippen molar-refractivity contribution >= 4 is 5.96 Å². The van der Waals surface area contributed by atoms with E-state index in [-0.39, 0.29) is 0 Å². The van der Waals surface area contributed by atoms with Gasteiger partial charge < -0.3 is 15.4 Å². The molecule has 0 saturated carbocycles. The maximum atomic E-state index is 5.65. The first-order valence-corrected chi connectivity index (χ1v) is 10.9. The SMILES string of the molecule is CCNC(=NCc1cccc(CN2CCOC(C)C2)c1)NCc1c(C)nn(C)c1C. The van der Waals surface area contributed by atoms with Crippen LogP contribution in [0.4, 0.5) is 0 Å². The first-order valence-electron chi connectivity index (χ1n) is 10.9. The van der Waals surface area contributed by atoms with Crippen LogP contribution in [0.25, 0.3) is 0 Å². The number of morpholine rings is 1. The zero-order valence-corrected chi connectivity index (χ0v) is 19.0. The maximum Gasteiger partial charge on any atom is 0.191 e. The third kappa shape index (κ3) is 6.06. The Kier molecular flexibility index (Phi) is 7.87. The molecule has 0 aliphatic carbocycles. The van der Waals surface area contributed by atoms with Crippen molar-refractivity contribution in [1.29, 1.82) is 0 Å².